The maximum Gasteiger partial charge on any atom is 0.338 e. The molecule has 1 saturated heterocycles. The molecular weight excluding hydrogens is 458 g/mol. The van der Waals surface area contributed by atoms with Crippen LogP contribution < -0.4 is 0 Å². The van der Waals surface area contributed by atoms with Crippen LogP contribution >= 0.6 is 15.9 Å². The summed E-state index contributed by atoms with van der Waals surface area (Å²) >= 11 is 3.29. The molecule has 0 saturated carbocycles. The van der Waals surface area contributed by atoms with Crippen molar-refractivity contribution in [3.05, 3.63) is 64.1 Å². The topological polar surface area (TPSA) is 80.8 Å². The van der Waals surface area contributed by atoms with E-state index in [0.29, 0.717) is 18.7 Å². The van der Waals surface area contributed by atoms with Gasteiger partial charge in [0.2, 0.25) is 10.0 Å². The van der Waals surface area contributed by atoms with Gasteiger partial charge in [0.1, 0.15) is 0 Å². The second-order valence-electron chi connectivity index (χ2n) is 6.85. The molecule has 1 fully saturated rings. The molecule has 3 rings (SSSR count). The van der Waals surface area contributed by atoms with Gasteiger partial charge in [0, 0.05) is 23.1 Å². The number of sulfonamides is 1. The molecule has 0 aliphatic carbocycles. The highest BCUT2D eigenvalue weighted by Gasteiger charge is 2.25. The van der Waals surface area contributed by atoms with Crippen molar-refractivity contribution in [3.8, 4) is 0 Å². The molecule has 0 atom stereocenters. The fourth-order valence-electron chi connectivity index (χ4n) is 3.13. The van der Waals surface area contributed by atoms with Crippen LogP contribution in [0, 0.1) is 0 Å². The van der Waals surface area contributed by atoms with Gasteiger partial charge in [0.25, 0.3) is 0 Å². The Labute approximate surface area is 179 Å². The Morgan fingerprint density at radius 3 is 2.00 bits per heavy atom. The Kier molecular flexibility index (Phi) is 7.21. The molecule has 29 heavy (non-hydrogen) atoms. The van der Waals surface area contributed by atoms with Gasteiger partial charge in [-0.05, 0) is 49.2 Å². The Morgan fingerprint density at radius 1 is 0.862 bits per heavy atom. The Hall–Kier alpha value is -2.03. The van der Waals surface area contributed by atoms with Crippen LogP contribution in [0.15, 0.2) is 57.9 Å². The van der Waals surface area contributed by atoms with Crippen molar-refractivity contribution < 1.29 is 22.7 Å². The summed E-state index contributed by atoms with van der Waals surface area (Å²) in [7, 11) is -3.57. The van der Waals surface area contributed by atoms with Crippen LogP contribution in [0.4, 0.5) is 0 Å². The van der Waals surface area contributed by atoms with Gasteiger partial charge in [-0.3, -0.25) is 4.79 Å². The standard InChI is InChI=1S/C21H22BrNO5S/c22-18-9-5-16(6-10-18)20(24)15-28-21(25)17-7-11-19(12-8-17)29(26,27)23-13-3-1-2-4-14-23/h5-12H,1-4,13-15H2. The van der Waals surface area contributed by atoms with Gasteiger partial charge in [0.15, 0.2) is 12.4 Å². The Morgan fingerprint density at radius 2 is 1.41 bits per heavy atom. The summed E-state index contributed by atoms with van der Waals surface area (Å²) in [4.78, 5) is 24.5. The SMILES string of the molecule is O=C(COC(=O)c1ccc(S(=O)(=O)N2CCCCCC2)cc1)c1ccc(Br)cc1. The lowest BCUT2D eigenvalue weighted by Gasteiger charge is -2.19. The van der Waals surface area contributed by atoms with Crippen LogP contribution in [0.5, 0.6) is 0 Å². The molecule has 2 aromatic rings. The summed E-state index contributed by atoms with van der Waals surface area (Å²) in [6.07, 6.45) is 3.79. The first-order chi connectivity index (χ1) is 13.9. The second-order valence-corrected chi connectivity index (χ2v) is 9.70. The fourth-order valence-corrected chi connectivity index (χ4v) is 4.91. The maximum absolute atomic E-state index is 12.8. The van der Waals surface area contributed by atoms with Crippen LogP contribution in [0.3, 0.4) is 0 Å². The van der Waals surface area contributed by atoms with Crippen LogP contribution in [-0.2, 0) is 14.8 Å². The highest BCUT2D eigenvalue weighted by atomic mass is 79.9. The summed E-state index contributed by atoms with van der Waals surface area (Å²) < 4.78 is 33.0. The van der Waals surface area contributed by atoms with Crippen molar-refractivity contribution in [2.24, 2.45) is 0 Å². The minimum absolute atomic E-state index is 0.155. The molecule has 154 valence electrons. The number of ketones is 1. The van der Waals surface area contributed by atoms with E-state index >= 15 is 0 Å². The average Bonchev–Trinajstić information content (AvgIpc) is 3.02. The van der Waals surface area contributed by atoms with Crippen molar-refractivity contribution in [3.63, 3.8) is 0 Å². The molecule has 1 aliphatic rings. The predicted octanol–water partition coefficient (Wildman–Crippen LogP) is 4.05. The van der Waals surface area contributed by atoms with Crippen molar-refractivity contribution in [1.82, 2.24) is 4.31 Å². The van der Waals surface area contributed by atoms with Gasteiger partial charge in [-0.2, -0.15) is 4.31 Å². The molecule has 0 unspecified atom stereocenters. The van der Waals surface area contributed by atoms with E-state index in [4.69, 9.17) is 4.74 Å². The number of benzene rings is 2. The third kappa shape index (κ3) is 5.52. The number of halogens is 1. The number of rotatable bonds is 6. The highest BCUT2D eigenvalue weighted by molar-refractivity contribution is 9.10. The summed E-state index contributed by atoms with van der Waals surface area (Å²) in [5, 5.41) is 0. The van der Waals surface area contributed by atoms with E-state index in [1.165, 1.54) is 28.6 Å². The van der Waals surface area contributed by atoms with E-state index in [2.05, 4.69) is 15.9 Å². The minimum atomic E-state index is -3.57. The summed E-state index contributed by atoms with van der Waals surface area (Å²) in [5.41, 5.74) is 0.642. The lowest BCUT2D eigenvalue weighted by atomic mass is 10.1. The van der Waals surface area contributed by atoms with Crippen LogP contribution in [0.2, 0.25) is 0 Å². The van der Waals surface area contributed by atoms with Gasteiger partial charge in [-0.25, -0.2) is 13.2 Å². The molecule has 0 radical (unpaired) electrons. The molecule has 0 amide bonds. The van der Waals surface area contributed by atoms with Crippen molar-refractivity contribution in [1.29, 1.82) is 0 Å². The van der Waals surface area contributed by atoms with Crippen molar-refractivity contribution in [2.45, 2.75) is 30.6 Å². The molecule has 6 nitrogen and oxygen atoms in total. The number of esters is 1. The lowest BCUT2D eigenvalue weighted by Crippen LogP contribution is -2.31. The summed E-state index contributed by atoms with van der Waals surface area (Å²) in [6.45, 7) is 0.656. The monoisotopic (exact) mass is 479 g/mol. The zero-order chi connectivity index (χ0) is 20.9. The van der Waals surface area contributed by atoms with Gasteiger partial charge < -0.3 is 4.74 Å². The largest absolute Gasteiger partial charge is 0.454 e. The number of Topliss-reactive ketones (excluding diaryl/α,β-unsaturated/α-hetero) is 1. The molecule has 0 spiro atoms. The number of hydrogen-bond acceptors (Lipinski definition) is 5. The molecule has 0 bridgehead atoms. The number of nitrogens with zero attached hydrogens (tertiary/aromatic N) is 1. The van der Waals surface area contributed by atoms with Gasteiger partial charge >= 0.3 is 5.97 Å². The van der Waals surface area contributed by atoms with Crippen LogP contribution in [0.1, 0.15) is 46.4 Å². The van der Waals surface area contributed by atoms with Gasteiger partial charge in [-0.1, -0.05) is 40.9 Å². The molecular formula is C21H22BrNO5S. The molecule has 8 heteroatoms. The molecule has 0 aromatic heterocycles. The summed E-state index contributed by atoms with van der Waals surface area (Å²) in [6, 6.07) is 12.4. The first-order valence-electron chi connectivity index (χ1n) is 9.44. The normalized spacial score (nSPS) is 15.5. The predicted molar refractivity (Wildman–Crippen MR) is 112 cm³/mol. The smallest absolute Gasteiger partial charge is 0.338 e. The van der Waals surface area contributed by atoms with Gasteiger partial charge in [-0.15, -0.1) is 0 Å². The van der Waals surface area contributed by atoms with Crippen LogP contribution in [-0.4, -0.2) is 44.2 Å². The second kappa shape index (κ2) is 9.65. The number of carbonyl (C=O) groups excluding carboxylic acids is 2. The van der Waals surface area contributed by atoms with Crippen LogP contribution in [0.25, 0.3) is 0 Å². The van der Waals surface area contributed by atoms with E-state index in [-0.39, 0.29) is 22.8 Å². The Balaban J connectivity index is 1.62. The van der Waals surface area contributed by atoms with E-state index in [0.717, 1.165) is 30.2 Å². The number of ether oxygens (including phenoxy) is 1. The van der Waals surface area contributed by atoms with E-state index in [1.54, 1.807) is 24.3 Å². The van der Waals surface area contributed by atoms with E-state index in [1.807, 2.05) is 0 Å². The Bertz CT molecular complexity index is 963. The first kappa shape index (κ1) is 21.7. The molecule has 1 heterocycles. The third-order valence-electron chi connectivity index (χ3n) is 4.79. The molecule has 1 aliphatic heterocycles. The summed E-state index contributed by atoms with van der Waals surface area (Å²) in [5.74, 6) is -0.986. The zero-order valence-corrected chi connectivity index (χ0v) is 18.2. The first-order valence-corrected chi connectivity index (χ1v) is 11.7. The number of hydrogen-bond donors (Lipinski definition) is 0. The zero-order valence-electron chi connectivity index (χ0n) is 15.8. The third-order valence-corrected chi connectivity index (χ3v) is 7.23. The van der Waals surface area contributed by atoms with Crippen molar-refractivity contribution >= 4 is 37.7 Å². The average molecular weight is 480 g/mol. The van der Waals surface area contributed by atoms with Crippen molar-refractivity contribution in [2.75, 3.05) is 19.7 Å². The molecule has 2 aromatic carbocycles. The lowest BCUT2D eigenvalue weighted by molar-refractivity contribution is 0.0474. The highest BCUT2D eigenvalue weighted by Crippen LogP contribution is 2.21. The molecule has 0 N–H and O–H groups in total. The minimum Gasteiger partial charge on any atom is -0.454 e. The maximum atomic E-state index is 12.8. The van der Waals surface area contributed by atoms with E-state index < -0.39 is 16.0 Å². The fraction of sp³-hybridized carbons (Fsp3) is 0.333. The van der Waals surface area contributed by atoms with E-state index in [9.17, 15) is 18.0 Å². The number of carbonyl (C=O) groups is 2. The quantitative estimate of drug-likeness (QED) is 0.460. The van der Waals surface area contributed by atoms with Gasteiger partial charge in [0.05, 0.1) is 10.5 Å².